The lowest BCUT2D eigenvalue weighted by atomic mass is 9.77. The van der Waals surface area contributed by atoms with Crippen molar-refractivity contribution in [3.63, 3.8) is 0 Å². The molecule has 2 N–H and O–H groups in total. The molecule has 6 nitrogen and oxygen atoms in total. The Morgan fingerprint density at radius 3 is 1.02 bits per heavy atom. The van der Waals surface area contributed by atoms with E-state index in [0.29, 0.717) is 24.3 Å². The van der Waals surface area contributed by atoms with Gasteiger partial charge in [0, 0.05) is 0 Å². The number of phenolic OH excluding ortho intramolecular Hbond substituents is 2. The molecule has 0 amide bonds. The highest BCUT2D eigenvalue weighted by molar-refractivity contribution is 5.91. The van der Waals surface area contributed by atoms with Gasteiger partial charge in [-0.15, -0.1) is 0 Å². The second-order valence-corrected chi connectivity index (χ2v) is 17.6. The number of ether oxygens (including phenoxy) is 2. The third-order valence-corrected chi connectivity index (χ3v) is 9.02. The van der Waals surface area contributed by atoms with Gasteiger partial charge in [0.2, 0.25) is 0 Å². The summed E-state index contributed by atoms with van der Waals surface area (Å²) in [7, 11) is 0. The maximum atomic E-state index is 12.7. The largest absolute Gasteiger partial charge is 0.507 e. The molecule has 2 atom stereocenters. The summed E-state index contributed by atoms with van der Waals surface area (Å²) in [4.78, 5) is 25.3. The Balaban J connectivity index is 2.03. The van der Waals surface area contributed by atoms with Crippen LogP contribution in [0, 0.1) is 11.8 Å². The first-order valence-electron chi connectivity index (χ1n) is 17.4. The quantitative estimate of drug-likeness (QED) is 0.175. The zero-order valence-corrected chi connectivity index (χ0v) is 31.9. The third kappa shape index (κ3) is 11.6. The zero-order valence-electron chi connectivity index (χ0n) is 31.9. The van der Waals surface area contributed by atoms with Crippen LogP contribution in [0.5, 0.6) is 11.5 Å². The van der Waals surface area contributed by atoms with E-state index < -0.39 is 18.4 Å². The van der Waals surface area contributed by atoms with Crippen molar-refractivity contribution in [2.75, 3.05) is 13.2 Å². The lowest BCUT2D eigenvalue weighted by Gasteiger charge is -2.29. The van der Waals surface area contributed by atoms with Crippen molar-refractivity contribution in [2.45, 2.75) is 151 Å². The Kier molecular flexibility index (Phi) is 13.2. The highest BCUT2D eigenvalue weighted by Crippen LogP contribution is 2.41. The second-order valence-electron chi connectivity index (χ2n) is 17.6. The molecule has 2 rings (SSSR count). The fourth-order valence-corrected chi connectivity index (χ4v) is 5.86. The number of carbonyl (C=O) groups is 2. The van der Waals surface area contributed by atoms with E-state index in [2.05, 4.69) is 121 Å². The van der Waals surface area contributed by atoms with Crippen LogP contribution in [0.4, 0.5) is 0 Å². The molecule has 0 aliphatic rings. The highest BCUT2D eigenvalue weighted by atomic mass is 16.6. The average Bonchev–Trinajstić information content (AvgIpc) is 2.92. The molecule has 0 saturated carbocycles. The van der Waals surface area contributed by atoms with Crippen LogP contribution < -0.4 is 0 Å². The van der Waals surface area contributed by atoms with E-state index in [1.54, 1.807) is 0 Å². The first kappa shape index (κ1) is 40.2. The molecule has 0 saturated heterocycles. The second kappa shape index (κ2) is 15.5. The van der Waals surface area contributed by atoms with Crippen LogP contribution in [0.3, 0.4) is 0 Å². The van der Waals surface area contributed by atoms with Crippen molar-refractivity contribution in [1.82, 2.24) is 0 Å². The van der Waals surface area contributed by atoms with E-state index in [4.69, 9.17) is 9.47 Å². The molecule has 0 aliphatic carbocycles. The zero-order chi connectivity index (χ0) is 36.1. The van der Waals surface area contributed by atoms with Gasteiger partial charge in [0.25, 0.3) is 0 Å². The SMILES string of the molecule is CCC(COC(=O)CC(=O)OCC(CC)Cc1cc(C(C)(C)C)c(O)c(C(C)(C)C)c1)Cc1cc(C(C)(C)C)c(O)c(C(C)(C)C)c1. The predicted molar refractivity (Wildman–Crippen MR) is 193 cm³/mol. The predicted octanol–water partition coefficient (Wildman–Crippen LogP) is 9.60. The van der Waals surface area contributed by atoms with Crippen LogP contribution in [0.2, 0.25) is 0 Å². The molecule has 47 heavy (non-hydrogen) atoms. The van der Waals surface area contributed by atoms with Gasteiger partial charge in [-0.05, 0) is 92.6 Å². The van der Waals surface area contributed by atoms with E-state index in [9.17, 15) is 19.8 Å². The van der Waals surface area contributed by atoms with Gasteiger partial charge < -0.3 is 19.7 Å². The van der Waals surface area contributed by atoms with E-state index in [0.717, 1.165) is 46.2 Å². The minimum Gasteiger partial charge on any atom is -0.507 e. The summed E-state index contributed by atoms with van der Waals surface area (Å²) in [6.45, 7) is 29.7. The summed E-state index contributed by atoms with van der Waals surface area (Å²) in [6.07, 6.45) is 2.58. The van der Waals surface area contributed by atoms with Crippen LogP contribution in [-0.4, -0.2) is 35.4 Å². The number of hydrogen-bond acceptors (Lipinski definition) is 6. The molecule has 2 aromatic rings. The number of hydrogen-bond donors (Lipinski definition) is 2. The van der Waals surface area contributed by atoms with Crippen molar-refractivity contribution < 1.29 is 29.3 Å². The summed E-state index contributed by atoms with van der Waals surface area (Å²) in [5.41, 5.74) is 4.96. The van der Waals surface area contributed by atoms with E-state index in [1.807, 2.05) is 0 Å². The molecule has 0 radical (unpaired) electrons. The monoisotopic (exact) mass is 652 g/mol. The lowest BCUT2D eigenvalue weighted by molar-refractivity contribution is -0.156. The fraction of sp³-hybridized carbons (Fsp3) is 0.659. The Labute approximate surface area is 285 Å². The number of benzene rings is 2. The fourth-order valence-electron chi connectivity index (χ4n) is 5.86. The number of esters is 2. The number of rotatable bonds is 12. The minimum absolute atomic E-state index is 0.0749. The van der Waals surface area contributed by atoms with Crippen LogP contribution >= 0.6 is 0 Å². The van der Waals surface area contributed by atoms with Crippen LogP contribution in [-0.2, 0) is 53.6 Å². The summed E-state index contributed by atoms with van der Waals surface area (Å²) < 4.78 is 11.1. The Bertz CT molecular complexity index is 1200. The molecular formula is C41H64O6. The summed E-state index contributed by atoms with van der Waals surface area (Å²) in [5, 5.41) is 22.1. The van der Waals surface area contributed by atoms with E-state index >= 15 is 0 Å². The summed E-state index contributed by atoms with van der Waals surface area (Å²) in [5.74, 6) is -0.312. The van der Waals surface area contributed by atoms with Crippen LogP contribution in [0.15, 0.2) is 24.3 Å². The van der Waals surface area contributed by atoms with Crippen molar-refractivity contribution in [1.29, 1.82) is 0 Å². The van der Waals surface area contributed by atoms with E-state index in [1.165, 1.54) is 0 Å². The van der Waals surface area contributed by atoms with Gasteiger partial charge in [0.15, 0.2) is 0 Å². The van der Waals surface area contributed by atoms with Crippen molar-refractivity contribution in [3.05, 3.63) is 57.6 Å². The van der Waals surface area contributed by atoms with Crippen molar-refractivity contribution >= 4 is 11.9 Å². The third-order valence-electron chi connectivity index (χ3n) is 9.02. The number of aromatic hydroxyl groups is 2. The molecule has 0 aliphatic heterocycles. The highest BCUT2D eigenvalue weighted by Gasteiger charge is 2.29. The molecular weight excluding hydrogens is 588 g/mol. The Morgan fingerprint density at radius 1 is 0.553 bits per heavy atom. The summed E-state index contributed by atoms with van der Waals surface area (Å²) >= 11 is 0. The average molecular weight is 653 g/mol. The van der Waals surface area contributed by atoms with Gasteiger partial charge >= 0.3 is 11.9 Å². The topological polar surface area (TPSA) is 93.1 Å². The smallest absolute Gasteiger partial charge is 0.317 e. The van der Waals surface area contributed by atoms with Gasteiger partial charge in [-0.3, -0.25) is 9.59 Å². The van der Waals surface area contributed by atoms with Gasteiger partial charge in [-0.1, -0.05) is 121 Å². The van der Waals surface area contributed by atoms with Crippen molar-refractivity contribution in [2.24, 2.45) is 11.8 Å². The molecule has 6 heteroatoms. The molecule has 0 fully saturated rings. The normalized spacial score (nSPS) is 14.1. The molecule has 2 unspecified atom stereocenters. The molecule has 2 aromatic carbocycles. The maximum absolute atomic E-state index is 12.7. The van der Waals surface area contributed by atoms with Gasteiger partial charge in [0.1, 0.15) is 17.9 Å². The Hall–Kier alpha value is -3.02. The first-order chi connectivity index (χ1) is 21.4. The molecule has 0 heterocycles. The van der Waals surface area contributed by atoms with Gasteiger partial charge in [-0.2, -0.15) is 0 Å². The Morgan fingerprint density at radius 2 is 0.809 bits per heavy atom. The van der Waals surface area contributed by atoms with Gasteiger partial charge in [0.05, 0.1) is 13.2 Å². The maximum Gasteiger partial charge on any atom is 0.317 e. The number of carbonyl (C=O) groups excluding carboxylic acids is 2. The van der Waals surface area contributed by atoms with Crippen molar-refractivity contribution in [3.8, 4) is 11.5 Å². The van der Waals surface area contributed by atoms with Gasteiger partial charge in [-0.25, -0.2) is 0 Å². The lowest BCUT2D eigenvalue weighted by Crippen LogP contribution is -2.22. The molecule has 0 aromatic heterocycles. The minimum atomic E-state index is -0.582. The first-order valence-corrected chi connectivity index (χ1v) is 17.4. The molecule has 264 valence electrons. The van der Waals surface area contributed by atoms with Crippen LogP contribution in [0.1, 0.15) is 150 Å². The molecule has 0 bridgehead atoms. The van der Waals surface area contributed by atoms with E-state index in [-0.39, 0.29) is 46.7 Å². The number of phenols is 2. The van der Waals surface area contributed by atoms with Crippen LogP contribution in [0.25, 0.3) is 0 Å². The summed E-state index contributed by atoms with van der Waals surface area (Å²) in [6, 6.07) is 8.29. The molecule has 0 spiro atoms. The standard InChI is InChI=1S/C41H64O6/c1-15-26(17-28-19-30(38(3,4)5)36(44)31(20-28)39(6,7)8)24-46-34(42)23-35(43)47-25-27(16-2)18-29-21-32(40(9,10)11)37(45)33(22-29)41(12,13)14/h19-22,26-27,44-45H,15-18,23-25H2,1-14H3.